The van der Waals surface area contributed by atoms with Gasteiger partial charge in [0, 0.05) is 6.61 Å². The van der Waals surface area contributed by atoms with Crippen molar-refractivity contribution in [3.63, 3.8) is 0 Å². The molecular formula is C11H21F3O2. The van der Waals surface area contributed by atoms with Gasteiger partial charge in [-0.05, 0) is 31.6 Å². The molecule has 98 valence electrons. The fourth-order valence-corrected chi connectivity index (χ4v) is 1.74. The van der Waals surface area contributed by atoms with Gasteiger partial charge >= 0.3 is 6.18 Å². The Morgan fingerprint density at radius 2 is 1.81 bits per heavy atom. The third kappa shape index (κ3) is 10.2. The number of alkyl halides is 3. The number of halogens is 3. The highest BCUT2D eigenvalue weighted by Crippen LogP contribution is 2.28. The maximum Gasteiger partial charge on any atom is 0.411 e. The van der Waals surface area contributed by atoms with Gasteiger partial charge in [0.1, 0.15) is 6.61 Å². The Morgan fingerprint density at radius 1 is 1.25 bits per heavy atom. The van der Waals surface area contributed by atoms with E-state index in [1.165, 1.54) is 0 Å². The first-order chi connectivity index (χ1) is 7.12. The van der Waals surface area contributed by atoms with Crippen LogP contribution in [0, 0.1) is 5.41 Å². The van der Waals surface area contributed by atoms with E-state index in [9.17, 15) is 18.3 Å². The van der Waals surface area contributed by atoms with Gasteiger partial charge in [0.2, 0.25) is 0 Å². The second-order valence-corrected chi connectivity index (χ2v) is 4.99. The van der Waals surface area contributed by atoms with Gasteiger partial charge in [0.25, 0.3) is 0 Å². The summed E-state index contributed by atoms with van der Waals surface area (Å²) in [5.41, 5.74) is -0.0598. The Balaban J connectivity index is 3.58. The van der Waals surface area contributed by atoms with Crippen molar-refractivity contribution in [3.05, 3.63) is 0 Å². The second-order valence-electron chi connectivity index (χ2n) is 4.99. The Kier molecular flexibility index (Phi) is 6.33. The van der Waals surface area contributed by atoms with Crippen molar-refractivity contribution in [1.29, 1.82) is 0 Å². The smallest absolute Gasteiger partial charge is 0.393 e. The highest BCUT2D eigenvalue weighted by Gasteiger charge is 2.27. The molecule has 0 rings (SSSR count). The zero-order valence-corrected chi connectivity index (χ0v) is 10.1. The van der Waals surface area contributed by atoms with E-state index in [0.717, 1.165) is 6.42 Å². The standard InChI is InChI=1S/C11H21F3O2/c1-9(15)7-10(2,3)5-4-6-16-8-11(12,13)14/h9,15H,4-8H2,1-3H3. The highest BCUT2D eigenvalue weighted by molar-refractivity contribution is 4.71. The first-order valence-electron chi connectivity index (χ1n) is 5.45. The molecule has 1 unspecified atom stereocenters. The molecule has 5 heteroatoms. The predicted molar refractivity (Wildman–Crippen MR) is 56.2 cm³/mol. The van der Waals surface area contributed by atoms with E-state index in [1.54, 1.807) is 6.92 Å². The van der Waals surface area contributed by atoms with Gasteiger partial charge in [-0.2, -0.15) is 13.2 Å². The molecule has 0 amide bonds. The van der Waals surface area contributed by atoms with E-state index in [-0.39, 0.29) is 18.1 Å². The van der Waals surface area contributed by atoms with Crippen molar-refractivity contribution in [2.45, 2.75) is 52.3 Å². The molecule has 0 fully saturated rings. The van der Waals surface area contributed by atoms with E-state index < -0.39 is 12.8 Å². The van der Waals surface area contributed by atoms with Gasteiger partial charge in [-0.15, -0.1) is 0 Å². The molecule has 0 radical (unpaired) electrons. The lowest BCUT2D eigenvalue weighted by Gasteiger charge is -2.26. The second kappa shape index (κ2) is 6.45. The van der Waals surface area contributed by atoms with Gasteiger partial charge in [-0.1, -0.05) is 13.8 Å². The van der Waals surface area contributed by atoms with Crippen LogP contribution in [0.1, 0.15) is 40.0 Å². The van der Waals surface area contributed by atoms with E-state index in [1.807, 2.05) is 13.8 Å². The average molecular weight is 242 g/mol. The average Bonchev–Trinajstić information content (AvgIpc) is 1.98. The van der Waals surface area contributed by atoms with Crippen LogP contribution >= 0.6 is 0 Å². The minimum absolute atomic E-state index is 0.0598. The van der Waals surface area contributed by atoms with Gasteiger partial charge in [-0.3, -0.25) is 0 Å². The van der Waals surface area contributed by atoms with Crippen LogP contribution in [0.3, 0.4) is 0 Å². The first kappa shape index (κ1) is 15.7. The van der Waals surface area contributed by atoms with Crippen LogP contribution in [0.25, 0.3) is 0 Å². The molecule has 0 aliphatic heterocycles. The quantitative estimate of drug-likeness (QED) is 0.695. The summed E-state index contributed by atoms with van der Waals surface area (Å²) in [5.74, 6) is 0. The van der Waals surface area contributed by atoms with Crippen molar-refractivity contribution in [3.8, 4) is 0 Å². The first-order valence-corrected chi connectivity index (χ1v) is 5.45. The third-order valence-corrected chi connectivity index (χ3v) is 2.26. The Bertz CT molecular complexity index is 188. The molecular weight excluding hydrogens is 221 g/mol. The number of ether oxygens (including phenoxy) is 1. The van der Waals surface area contributed by atoms with Crippen LogP contribution in [-0.2, 0) is 4.74 Å². The fraction of sp³-hybridized carbons (Fsp3) is 1.00. The van der Waals surface area contributed by atoms with Crippen LogP contribution in [0.15, 0.2) is 0 Å². The molecule has 0 aliphatic rings. The molecule has 0 spiro atoms. The number of rotatable bonds is 7. The van der Waals surface area contributed by atoms with Gasteiger partial charge < -0.3 is 9.84 Å². The molecule has 1 N–H and O–H groups in total. The largest absolute Gasteiger partial charge is 0.411 e. The zero-order valence-electron chi connectivity index (χ0n) is 10.1. The summed E-state index contributed by atoms with van der Waals surface area (Å²) in [6.45, 7) is 4.63. The van der Waals surface area contributed by atoms with Crippen molar-refractivity contribution < 1.29 is 23.0 Å². The molecule has 0 aliphatic carbocycles. The summed E-state index contributed by atoms with van der Waals surface area (Å²) in [4.78, 5) is 0. The number of hydrogen-bond acceptors (Lipinski definition) is 2. The Labute approximate surface area is 94.8 Å². The number of hydrogen-bond donors (Lipinski definition) is 1. The van der Waals surface area contributed by atoms with Crippen molar-refractivity contribution in [2.24, 2.45) is 5.41 Å². The summed E-state index contributed by atoms with van der Waals surface area (Å²) in [5, 5.41) is 9.22. The monoisotopic (exact) mass is 242 g/mol. The van der Waals surface area contributed by atoms with Crippen LogP contribution in [0.5, 0.6) is 0 Å². The molecule has 2 nitrogen and oxygen atoms in total. The van der Waals surface area contributed by atoms with Crippen LogP contribution in [0.4, 0.5) is 13.2 Å². The van der Waals surface area contributed by atoms with E-state index in [0.29, 0.717) is 12.8 Å². The molecule has 0 aromatic rings. The fourth-order valence-electron chi connectivity index (χ4n) is 1.74. The summed E-state index contributed by atoms with van der Waals surface area (Å²) >= 11 is 0. The molecule has 0 aromatic heterocycles. The molecule has 16 heavy (non-hydrogen) atoms. The minimum Gasteiger partial charge on any atom is -0.393 e. The summed E-state index contributed by atoms with van der Waals surface area (Å²) in [6, 6.07) is 0. The molecule has 0 saturated heterocycles. The van der Waals surface area contributed by atoms with E-state index >= 15 is 0 Å². The van der Waals surface area contributed by atoms with Crippen molar-refractivity contribution in [2.75, 3.05) is 13.2 Å². The molecule has 0 saturated carbocycles. The Hall–Kier alpha value is -0.290. The molecule has 0 heterocycles. The Morgan fingerprint density at radius 3 is 2.25 bits per heavy atom. The van der Waals surface area contributed by atoms with Crippen LogP contribution in [0.2, 0.25) is 0 Å². The van der Waals surface area contributed by atoms with Gasteiger partial charge in [0.15, 0.2) is 0 Å². The van der Waals surface area contributed by atoms with Gasteiger partial charge in [-0.25, -0.2) is 0 Å². The summed E-state index contributed by atoms with van der Waals surface area (Å²) in [7, 11) is 0. The van der Waals surface area contributed by atoms with Crippen molar-refractivity contribution >= 4 is 0 Å². The third-order valence-electron chi connectivity index (χ3n) is 2.26. The van der Waals surface area contributed by atoms with Crippen LogP contribution in [-0.4, -0.2) is 30.6 Å². The maximum atomic E-state index is 11.7. The van der Waals surface area contributed by atoms with E-state index in [2.05, 4.69) is 4.74 Å². The lowest BCUT2D eigenvalue weighted by Crippen LogP contribution is -2.20. The number of aliphatic hydroxyl groups is 1. The summed E-state index contributed by atoms with van der Waals surface area (Å²) in [6.07, 6.45) is -2.65. The van der Waals surface area contributed by atoms with Crippen molar-refractivity contribution in [1.82, 2.24) is 0 Å². The molecule has 1 atom stereocenters. The lowest BCUT2D eigenvalue weighted by molar-refractivity contribution is -0.174. The topological polar surface area (TPSA) is 29.5 Å². The highest BCUT2D eigenvalue weighted by atomic mass is 19.4. The SMILES string of the molecule is CC(O)CC(C)(C)CCCOCC(F)(F)F. The number of aliphatic hydroxyl groups excluding tert-OH is 1. The predicted octanol–water partition coefficient (Wildman–Crippen LogP) is 3.14. The normalized spacial score (nSPS) is 15.2. The molecule has 0 aromatic carbocycles. The zero-order chi connectivity index (χ0) is 12.8. The maximum absolute atomic E-state index is 11.7. The van der Waals surface area contributed by atoms with E-state index in [4.69, 9.17) is 0 Å². The summed E-state index contributed by atoms with van der Waals surface area (Å²) < 4.78 is 39.7. The molecule has 0 bridgehead atoms. The minimum atomic E-state index is -4.24. The van der Waals surface area contributed by atoms with Crippen LogP contribution < -0.4 is 0 Å². The lowest BCUT2D eigenvalue weighted by atomic mass is 9.83. The van der Waals surface area contributed by atoms with Gasteiger partial charge in [0.05, 0.1) is 6.10 Å².